The molecule has 2 nitrogen and oxygen atoms in total. The first-order valence-electron chi connectivity index (χ1n) is 5.00. The largest absolute Gasteiger partial charge is 0.496 e. The van der Waals surface area contributed by atoms with E-state index in [2.05, 4.69) is 13.0 Å². The Hall–Kier alpha value is -1.02. The van der Waals surface area contributed by atoms with E-state index in [1.807, 2.05) is 6.92 Å². The van der Waals surface area contributed by atoms with Gasteiger partial charge in [0, 0.05) is 0 Å². The van der Waals surface area contributed by atoms with Gasteiger partial charge in [0.15, 0.2) is 0 Å². The Bertz CT molecular complexity index is 369. The summed E-state index contributed by atoms with van der Waals surface area (Å²) in [5.41, 5.74) is 4.75. The van der Waals surface area contributed by atoms with Gasteiger partial charge in [-0.3, -0.25) is 0 Å². The van der Waals surface area contributed by atoms with Crippen LogP contribution in [0.15, 0.2) is 6.07 Å². The van der Waals surface area contributed by atoms with Crippen LogP contribution in [0.3, 0.4) is 0 Å². The Balaban J connectivity index is 2.65. The molecular formula is C12H16O2. The molecular weight excluding hydrogens is 176 g/mol. The predicted octanol–water partition coefficient (Wildman–Crippen LogP) is 2.29. The van der Waals surface area contributed by atoms with Crippen LogP contribution >= 0.6 is 0 Å². The molecule has 2 heteroatoms. The van der Waals surface area contributed by atoms with E-state index >= 15 is 0 Å². The average molecular weight is 192 g/mol. The highest BCUT2D eigenvalue weighted by Crippen LogP contribution is 2.39. The van der Waals surface area contributed by atoms with Gasteiger partial charge >= 0.3 is 0 Å². The van der Waals surface area contributed by atoms with Crippen molar-refractivity contribution in [3.8, 4) is 5.75 Å². The molecule has 0 heterocycles. The second kappa shape index (κ2) is 3.28. The minimum Gasteiger partial charge on any atom is -0.496 e. The fourth-order valence-electron chi connectivity index (χ4n) is 2.38. The van der Waals surface area contributed by atoms with Crippen LogP contribution in [0.5, 0.6) is 5.75 Å². The van der Waals surface area contributed by atoms with E-state index < -0.39 is 0 Å². The Labute approximate surface area is 84.5 Å². The van der Waals surface area contributed by atoms with E-state index in [-0.39, 0.29) is 6.10 Å². The average Bonchev–Trinajstić information content (AvgIpc) is 2.54. The SMILES string of the molecule is COc1cc(C)c2c(c1C)C(O)CC2. The van der Waals surface area contributed by atoms with E-state index in [0.717, 1.165) is 29.7 Å². The van der Waals surface area contributed by atoms with Crippen LogP contribution in [0.2, 0.25) is 0 Å². The lowest BCUT2D eigenvalue weighted by Crippen LogP contribution is -1.99. The smallest absolute Gasteiger partial charge is 0.122 e. The fourth-order valence-corrected chi connectivity index (χ4v) is 2.38. The summed E-state index contributed by atoms with van der Waals surface area (Å²) in [5, 5.41) is 9.85. The van der Waals surface area contributed by atoms with Crippen molar-refractivity contribution in [3.05, 3.63) is 28.3 Å². The maximum absolute atomic E-state index is 9.85. The fraction of sp³-hybridized carbons (Fsp3) is 0.500. The van der Waals surface area contributed by atoms with Crippen LogP contribution in [0.1, 0.15) is 34.8 Å². The number of methoxy groups -OCH3 is 1. The maximum atomic E-state index is 9.85. The molecule has 1 aliphatic carbocycles. The van der Waals surface area contributed by atoms with Crippen molar-refractivity contribution in [2.24, 2.45) is 0 Å². The molecule has 76 valence electrons. The molecule has 0 saturated heterocycles. The van der Waals surface area contributed by atoms with E-state index in [9.17, 15) is 5.11 Å². The molecule has 2 rings (SSSR count). The first-order chi connectivity index (χ1) is 6.65. The molecule has 0 saturated carbocycles. The number of benzene rings is 1. The van der Waals surface area contributed by atoms with Gasteiger partial charge in [0.1, 0.15) is 5.75 Å². The normalized spacial score (nSPS) is 19.6. The minimum absolute atomic E-state index is 0.293. The lowest BCUT2D eigenvalue weighted by atomic mass is 9.98. The summed E-state index contributed by atoms with van der Waals surface area (Å²) in [5.74, 6) is 0.891. The predicted molar refractivity (Wildman–Crippen MR) is 55.7 cm³/mol. The molecule has 0 aliphatic heterocycles. The van der Waals surface area contributed by atoms with Gasteiger partial charge in [-0.05, 0) is 55.0 Å². The summed E-state index contributed by atoms with van der Waals surface area (Å²) in [7, 11) is 1.68. The summed E-state index contributed by atoms with van der Waals surface area (Å²) >= 11 is 0. The van der Waals surface area contributed by atoms with Crippen LogP contribution < -0.4 is 4.74 Å². The Morgan fingerprint density at radius 1 is 1.43 bits per heavy atom. The molecule has 1 aromatic carbocycles. The van der Waals surface area contributed by atoms with Crippen molar-refractivity contribution >= 4 is 0 Å². The van der Waals surface area contributed by atoms with Gasteiger partial charge in [0.05, 0.1) is 13.2 Å². The molecule has 0 spiro atoms. The summed E-state index contributed by atoms with van der Waals surface area (Å²) < 4.78 is 5.29. The second-order valence-electron chi connectivity index (χ2n) is 3.97. The molecule has 1 aromatic rings. The third-order valence-corrected chi connectivity index (χ3v) is 3.14. The summed E-state index contributed by atoms with van der Waals surface area (Å²) in [6.45, 7) is 4.10. The number of hydrogen-bond donors (Lipinski definition) is 1. The number of aryl methyl sites for hydroxylation is 1. The number of rotatable bonds is 1. The second-order valence-corrected chi connectivity index (χ2v) is 3.97. The Morgan fingerprint density at radius 2 is 2.14 bits per heavy atom. The molecule has 0 aromatic heterocycles. The van der Waals surface area contributed by atoms with Crippen LogP contribution in [-0.2, 0) is 6.42 Å². The van der Waals surface area contributed by atoms with Crippen molar-refractivity contribution in [2.75, 3.05) is 7.11 Å². The van der Waals surface area contributed by atoms with Gasteiger partial charge in [0.2, 0.25) is 0 Å². The van der Waals surface area contributed by atoms with Gasteiger partial charge in [0.25, 0.3) is 0 Å². The van der Waals surface area contributed by atoms with E-state index in [0.29, 0.717) is 0 Å². The number of aliphatic hydroxyl groups excluding tert-OH is 1. The highest BCUT2D eigenvalue weighted by atomic mass is 16.5. The van der Waals surface area contributed by atoms with Gasteiger partial charge in [-0.2, -0.15) is 0 Å². The molecule has 0 amide bonds. The van der Waals surface area contributed by atoms with Crippen molar-refractivity contribution < 1.29 is 9.84 Å². The van der Waals surface area contributed by atoms with Crippen molar-refractivity contribution in [1.82, 2.24) is 0 Å². The van der Waals surface area contributed by atoms with Crippen molar-refractivity contribution in [3.63, 3.8) is 0 Å². The lowest BCUT2D eigenvalue weighted by molar-refractivity contribution is 0.179. The zero-order chi connectivity index (χ0) is 10.3. The highest BCUT2D eigenvalue weighted by Gasteiger charge is 2.25. The third kappa shape index (κ3) is 1.22. The monoisotopic (exact) mass is 192 g/mol. The number of hydrogen-bond acceptors (Lipinski definition) is 2. The molecule has 1 atom stereocenters. The maximum Gasteiger partial charge on any atom is 0.122 e. The van der Waals surface area contributed by atoms with Crippen molar-refractivity contribution in [1.29, 1.82) is 0 Å². The molecule has 14 heavy (non-hydrogen) atoms. The summed E-state index contributed by atoms with van der Waals surface area (Å²) in [6, 6.07) is 2.06. The minimum atomic E-state index is -0.293. The molecule has 0 fully saturated rings. The summed E-state index contributed by atoms with van der Waals surface area (Å²) in [6.07, 6.45) is 1.55. The van der Waals surface area contributed by atoms with E-state index in [1.54, 1.807) is 7.11 Å². The third-order valence-electron chi connectivity index (χ3n) is 3.14. The molecule has 1 N–H and O–H groups in total. The topological polar surface area (TPSA) is 29.5 Å². The van der Waals surface area contributed by atoms with Crippen LogP contribution in [0.4, 0.5) is 0 Å². The lowest BCUT2D eigenvalue weighted by Gasteiger charge is -2.14. The Kier molecular flexibility index (Phi) is 2.23. The molecule has 0 radical (unpaired) electrons. The van der Waals surface area contributed by atoms with Gasteiger partial charge in [-0.25, -0.2) is 0 Å². The first kappa shape index (κ1) is 9.53. The summed E-state index contributed by atoms with van der Waals surface area (Å²) in [4.78, 5) is 0. The molecule has 0 bridgehead atoms. The van der Waals surface area contributed by atoms with Crippen LogP contribution in [-0.4, -0.2) is 12.2 Å². The van der Waals surface area contributed by atoms with Gasteiger partial charge in [-0.15, -0.1) is 0 Å². The number of fused-ring (bicyclic) bond motifs is 1. The Morgan fingerprint density at radius 3 is 2.79 bits per heavy atom. The highest BCUT2D eigenvalue weighted by molar-refractivity contribution is 5.51. The van der Waals surface area contributed by atoms with Gasteiger partial charge < -0.3 is 9.84 Å². The first-order valence-corrected chi connectivity index (χ1v) is 5.00. The molecule has 1 unspecified atom stereocenters. The number of aliphatic hydroxyl groups is 1. The van der Waals surface area contributed by atoms with E-state index in [1.165, 1.54) is 11.1 Å². The van der Waals surface area contributed by atoms with E-state index in [4.69, 9.17) is 4.74 Å². The van der Waals surface area contributed by atoms with Crippen LogP contribution in [0.25, 0.3) is 0 Å². The zero-order valence-electron chi connectivity index (χ0n) is 8.92. The zero-order valence-corrected chi connectivity index (χ0v) is 8.92. The number of ether oxygens (including phenoxy) is 1. The molecule has 1 aliphatic rings. The standard InChI is InChI=1S/C12H16O2/c1-7-6-11(14-3)8(2)12-9(7)4-5-10(12)13/h6,10,13H,4-5H2,1-3H3. The van der Waals surface area contributed by atoms with Gasteiger partial charge in [-0.1, -0.05) is 0 Å². The van der Waals surface area contributed by atoms with Crippen LogP contribution in [0, 0.1) is 13.8 Å². The van der Waals surface area contributed by atoms with Crippen molar-refractivity contribution in [2.45, 2.75) is 32.8 Å². The quantitative estimate of drug-likeness (QED) is 0.739.